The van der Waals surface area contributed by atoms with E-state index in [2.05, 4.69) is 4.72 Å². The fourth-order valence-electron chi connectivity index (χ4n) is 4.28. The lowest BCUT2D eigenvalue weighted by atomic mass is 9.86. The van der Waals surface area contributed by atoms with Crippen LogP contribution in [0.2, 0.25) is 0 Å². The van der Waals surface area contributed by atoms with Gasteiger partial charge in [0.2, 0.25) is 10.0 Å². The highest BCUT2D eigenvalue weighted by atomic mass is 32.2. The Bertz CT molecular complexity index is 1240. The van der Waals surface area contributed by atoms with E-state index < -0.39 is 10.0 Å². The molecule has 0 aromatic heterocycles. The van der Waals surface area contributed by atoms with Crippen molar-refractivity contribution in [2.75, 3.05) is 11.0 Å². The van der Waals surface area contributed by atoms with E-state index in [9.17, 15) is 17.2 Å². The lowest BCUT2D eigenvalue weighted by molar-refractivity contribution is 0.606. The average Bonchev–Trinajstić information content (AvgIpc) is 2.84. The molecule has 160 valence electrons. The molecule has 0 fully saturated rings. The second-order valence-corrected chi connectivity index (χ2v) is 9.51. The molecule has 0 bridgehead atoms. The molecule has 0 aliphatic heterocycles. The van der Waals surface area contributed by atoms with E-state index in [4.69, 9.17) is 0 Å². The number of fused-ring (bicyclic) bond motifs is 2. The maximum atomic E-state index is 14.0. The first kappa shape index (κ1) is 21.2. The van der Waals surface area contributed by atoms with Gasteiger partial charge in [0.15, 0.2) is 0 Å². The molecule has 4 rings (SSSR count). The zero-order chi connectivity index (χ0) is 22.2. The topological polar surface area (TPSA) is 46.2 Å². The molecule has 0 unspecified atom stereocenters. The fourth-order valence-corrected chi connectivity index (χ4v) is 4.83. The van der Waals surface area contributed by atoms with Crippen molar-refractivity contribution in [1.82, 2.24) is 0 Å². The zero-order valence-electron chi connectivity index (χ0n) is 17.4. The molecule has 1 N–H and O–H groups in total. The SMILES string of the molecule is CCC(=C1c2ccc(F)cc2CCc2cc(F)ccc21)c1cccc(NS(C)(=O)=O)c1. The Hall–Kier alpha value is -2.99. The van der Waals surface area contributed by atoms with E-state index in [1.807, 2.05) is 13.0 Å². The van der Waals surface area contributed by atoms with Crippen molar-refractivity contribution in [3.05, 3.63) is 100 Å². The van der Waals surface area contributed by atoms with Gasteiger partial charge in [0.25, 0.3) is 0 Å². The zero-order valence-corrected chi connectivity index (χ0v) is 18.2. The van der Waals surface area contributed by atoms with Crippen molar-refractivity contribution in [2.45, 2.75) is 26.2 Å². The minimum Gasteiger partial charge on any atom is -0.284 e. The summed E-state index contributed by atoms with van der Waals surface area (Å²) in [6.07, 6.45) is 2.99. The maximum absolute atomic E-state index is 14.0. The van der Waals surface area contributed by atoms with Gasteiger partial charge in [-0.2, -0.15) is 0 Å². The van der Waals surface area contributed by atoms with Crippen LogP contribution in [0.25, 0.3) is 11.1 Å². The van der Waals surface area contributed by atoms with Crippen molar-refractivity contribution in [3.8, 4) is 0 Å². The van der Waals surface area contributed by atoms with Crippen LogP contribution >= 0.6 is 0 Å². The Morgan fingerprint density at radius 3 is 2.00 bits per heavy atom. The summed E-state index contributed by atoms with van der Waals surface area (Å²) in [5, 5.41) is 0. The number of allylic oxidation sites excluding steroid dienone is 1. The smallest absolute Gasteiger partial charge is 0.229 e. The minimum atomic E-state index is -3.41. The van der Waals surface area contributed by atoms with Crippen LogP contribution in [0.1, 0.15) is 41.2 Å². The van der Waals surface area contributed by atoms with Crippen LogP contribution in [0.5, 0.6) is 0 Å². The lowest BCUT2D eigenvalue weighted by Crippen LogP contribution is -2.09. The first-order chi connectivity index (χ1) is 14.7. The number of nitrogens with one attached hydrogen (secondary N) is 1. The number of anilines is 1. The summed E-state index contributed by atoms with van der Waals surface area (Å²) in [6.45, 7) is 2.02. The fraction of sp³-hybridized carbons (Fsp3) is 0.200. The summed E-state index contributed by atoms with van der Waals surface area (Å²) >= 11 is 0. The highest BCUT2D eigenvalue weighted by Gasteiger charge is 2.22. The van der Waals surface area contributed by atoms with Gasteiger partial charge in [0.05, 0.1) is 6.26 Å². The lowest BCUT2D eigenvalue weighted by Gasteiger charge is -2.19. The van der Waals surface area contributed by atoms with Gasteiger partial charge >= 0.3 is 0 Å². The summed E-state index contributed by atoms with van der Waals surface area (Å²) in [5.74, 6) is -0.597. The van der Waals surface area contributed by atoms with Gasteiger partial charge in [-0.1, -0.05) is 31.2 Å². The number of benzene rings is 3. The Morgan fingerprint density at radius 1 is 0.903 bits per heavy atom. The van der Waals surface area contributed by atoms with Gasteiger partial charge in [-0.15, -0.1) is 0 Å². The van der Waals surface area contributed by atoms with Crippen LogP contribution in [-0.4, -0.2) is 14.7 Å². The van der Waals surface area contributed by atoms with E-state index in [0.29, 0.717) is 24.9 Å². The van der Waals surface area contributed by atoms with Crippen molar-refractivity contribution < 1.29 is 17.2 Å². The van der Waals surface area contributed by atoms with Crippen molar-refractivity contribution >= 4 is 26.9 Å². The Kier molecular flexibility index (Phi) is 5.67. The Balaban J connectivity index is 2.00. The molecule has 0 heterocycles. The second-order valence-electron chi connectivity index (χ2n) is 7.77. The molecule has 3 aromatic carbocycles. The summed E-state index contributed by atoms with van der Waals surface area (Å²) < 4.78 is 54.0. The van der Waals surface area contributed by atoms with E-state index >= 15 is 0 Å². The summed E-state index contributed by atoms with van der Waals surface area (Å²) in [7, 11) is -3.41. The second kappa shape index (κ2) is 8.27. The van der Waals surface area contributed by atoms with Crippen molar-refractivity contribution in [1.29, 1.82) is 0 Å². The predicted molar refractivity (Wildman–Crippen MR) is 121 cm³/mol. The third-order valence-electron chi connectivity index (χ3n) is 5.51. The number of halogens is 2. The van der Waals surface area contributed by atoms with E-state index in [0.717, 1.165) is 45.2 Å². The predicted octanol–water partition coefficient (Wildman–Crippen LogP) is 5.80. The number of sulfonamides is 1. The van der Waals surface area contributed by atoms with Crippen molar-refractivity contribution in [2.24, 2.45) is 0 Å². The van der Waals surface area contributed by atoms with Gasteiger partial charge in [-0.05, 0) is 94.6 Å². The molecule has 31 heavy (non-hydrogen) atoms. The third-order valence-corrected chi connectivity index (χ3v) is 6.11. The quantitative estimate of drug-likeness (QED) is 0.558. The molecule has 1 aliphatic carbocycles. The molecule has 3 nitrogen and oxygen atoms in total. The first-order valence-corrected chi connectivity index (χ1v) is 12.0. The van der Waals surface area contributed by atoms with E-state index in [1.54, 1.807) is 42.5 Å². The highest BCUT2D eigenvalue weighted by molar-refractivity contribution is 7.92. The molecule has 0 atom stereocenters. The summed E-state index contributed by atoms with van der Waals surface area (Å²) in [6, 6.07) is 16.8. The largest absolute Gasteiger partial charge is 0.284 e. The minimum absolute atomic E-state index is 0.298. The molecular formula is C25H23F2NO2S. The maximum Gasteiger partial charge on any atom is 0.229 e. The van der Waals surface area contributed by atoms with E-state index in [1.165, 1.54) is 12.1 Å². The van der Waals surface area contributed by atoms with E-state index in [-0.39, 0.29) is 11.6 Å². The van der Waals surface area contributed by atoms with Gasteiger partial charge in [0, 0.05) is 5.69 Å². The normalized spacial score (nSPS) is 13.2. The molecule has 1 aliphatic rings. The number of hydrogen-bond acceptors (Lipinski definition) is 2. The number of hydrogen-bond donors (Lipinski definition) is 1. The number of rotatable bonds is 4. The third kappa shape index (κ3) is 4.54. The van der Waals surface area contributed by atoms with Crippen LogP contribution in [0, 0.1) is 11.6 Å². The van der Waals surface area contributed by atoms with Gasteiger partial charge < -0.3 is 0 Å². The first-order valence-electron chi connectivity index (χ1n) is 10.1. The van der Waals surface area contributed by atoms with Crippen LogP contribution in [0.4, 0.5) is 14.5 Å². The molecule has 6 heteroatoms. The van der Waals surface area contributed by atoms with Gasteiger partial charge in [-0.3, -0.25) is 4.72 Å². The molecule has 0 amide bonds. The van der Waals surface area contributed by atoms with Crippen LogP contribution in [0.3, 0.4) is 0 Å². The summed E-state index contributed by atoms with van der Waals surface area (Å²) in [5.41, 5.74) is 6.85. The highest BCUT2D eigenvalue weighted by Crippen LogP contribution is 2.40. The molecular weight excluding hydrogens is 416 g/mol. The Labute approximate surface area is 181 Å². The van der Waals surface area contributed by atoms with Gasteiger partial charge in [-0.25, -0.2) is 17.2 Å². The molecule has 0 saturated heterocycles. The molecule has 0 spiro atoms. The van der Waals surface area contributed by atoms with Crippen LogP contribution in [-0.2, 0) is 22.9 Å². The number of aryl methyl sites for hydroxylation is 2. The molecule has 0 saturated carbocycles. The average molecular weight is 440 g/mol. The monoisotopic (exact) mass is 439 g/mol. The van der Waals surface area contributed by atoms with Crippen molar-refractivity contribution in [3.63, 3.8) is 0 Å². The molecule has 0 radical (unpaired) electrons. The van der Waals surface area contributed by atoms with Gasteiger partial charge in [0.1, 0.15) is 11.6 Å². The molecule has 3 aromatic rings. The Morgan fingerprint density at radius 2 is 1.48 bits per heavy atom. The van der Waals surface area contributed by atoms with Crippen LogP contribution < -0.4 is 4.72 Å². The standard InChI is InChI=1S/C25H23F2NO2S/c1-3-22(16-5-4-6-21(15-16)28-31(2,29)30)25-23-11-9-19(26)13-17(23)7-8-18-14-20(27)10-12-24(18)25/h4-6,9-15,28H,3,7-8H2,1-2H3. The summed E-state index contributed by atoms with van der Waals surface area (Å²) in [4.78, 5) is 0. The van der Waals surface area contributed by atoms with Crippen LogP contribution in [0.15, 0.2) is 60.7 Å².